The number of aromatic nitrogens is 2. The molecule has 6 nitrogen and oxygen atoms in total. The normalized spacial score (nSPS) is 10.6. The Morgan fingerprint density at radius 2 is 1.79 bits per heavy atom. The Kier molecular flexibility index (Phi) is 6.54. The van der Waals surface area contributed by atoms with Crippen LogP contribution in [0.15, 0.2) is 42.5 Å². The van der Waals surface area contributed by atoms with Gasteiger partial charge in [0, 0.05) is 11.3 Å². The first-order chi connectivity index (χ1) is 14.0. The number of ether oxygens (including phenoxy) is 2. The van der Waals surface area contributed by atoms with E-state index < -0.39 is 0 Å². The molecule has 0 atom stereocenters. The predicted octanol–water partition coefficient (Wildman–Crippen LogP) is 4.67. The molecule has 0 unspecified atom stereocenters. The number of amides is 1. The Bertz CT molecular complexity index is 995. The van der Waals surface area contributed by atoms with Gasteiger partial charge in [0.1, 0.15) is 0 Å². The molecule has 6 heteroatoms. The zero-order valence-electron chi connectivity index (χ0n) is 17.3. The molecule has 2 aromatic carbocycles. The van der Waals surface area contributed by atoms with Gasteiger partial charge >= 0.3 is 0 Å². The zero-order chi connectivity index (χ0) is 20.8. The monoisotopic (exact) mass is 393 g/mol. The molecule has 2 N–H and O–H groups in total. The van der Waals surface area contributed by atoms with Crippen LogP contribution in [-0.4, -0.2) is 29.3 Å². The fourth-order valence-electron chi connectivity index (χ4n) is 3.26. The van der Waals surface area contributed by atoms with Gasteiger partial charge < -0.3 is 14.8 Å². The van der Waals surface area contributed by atoms with Crippen LogP contribution in [0.4, 0.5) is 5.82 Å². The number of carbonyl (C=O) groups excluding carboxylic acids is 1. The molecule has 0 fully saturated rings. The topological polar surface area (TPSA) is 76.2 Å². The number of hydrogen-bond donors (Lipinski definition) is 2. The molecule has 1 heterocycles. The Morgan fingerprint density at radius 1 is 1.03 bits per heavy atom. The molecular formula is C23H27N3O3. The summed E-state index contributed by atoms with van der Waals surface area (Å²) in [4.78, 5) is 12.6. The van der Waals surface area contributed by atoms with Crippen LogP contribution in [-0.2, 0) is 11.2 Å². The van der Waals surface area contributed by atoms with Crippen LogP contribution in [0.2, 0.25) is 0 Å². The maximum absolute atomic E-state index is 12.6. The van der Waals surface area contributed by atoms with Crippen molar-refractivity contribution in [3.8, 4) is 22.6 Å². The van der Waals surface area contributed by atoms with Crippen LogP contribution in [0, 0.1) is 13.8 Å². The van der Waals surface area contributed by atoms with Gasteiger partial charge in [-0.3, -0.25) is 9.89 Å². The van der Waals surface area contributed by atoms with E-state index in [1.807, 2.05) is 70.2 Å². The van der Waals surface area contributed by atoms with E-state index >= 15 is 0 Å². The lowest BCUT2D eigenvalue weighted by molar-refractivity contribution is -0.115. The highest BCUT2D eigenvalue weighted by atomic mass is 16.5. The molecule has 0 bridgehead atoms. The van der Waals surface area contributed by atoms with Crippen molar-refractivity contribution >= 4 is 11.7 Å². The van der Waals surface area contributed by atoms with Gasteiger partial charge in [-0.25, -0.2) is 0 Å². The van der Waals surface area contributed by atoms with Gasteiger partial charge in [-0.05, 0) is 51.0 Å². The molecule has 3 rings (SSSR count). The number of aryl methyl sites for hydroxylation is 2. The second kappa shape index (κ2) is 9.28. The fourth-order valence-corrected chi connectivity index (χ4v) is 3.26. The van der Waals surface area contributed by atoms with Gasteiger partial charge in [0.2, 0.25) is 5.91 Å². The van der Waals surface area contributed by atoms with Gasteiger partial charge in [-0.2, -0.15) is 5.10 Å². The summed E-state index contributed by atoms with van der Waals surface area (Å²) in [5.41, 5.74) is 4.70. The summed E-state index contributed by atoms with van der Waals surface area (Å²) < 4.78 is 11.4. The van der Waals surface area contributed by atoms with Gasteiger partial charge in [-0.1, -0.05) is 35.9 Å². The summed E-state index contributed by atoms with van der Waals surface area (Å²) in [7, 11) is 0. The number of aromatic amines is 1. The lowest BCUT2D eigenvalue weighted by atomic mass is 10.0. The third kappa shape index (κ3) is 4.96. The number of hydrogen-bond acceptors (Lipinski definition) is 4. The third-order valence-electron chi connectivity index (χ3n) is 4.48. The minimum atomic E-state index is -0.112. The van der Waals surface area contributed by atoms with Crippen LogP contribution >= 0.6 is 0 Å². The summed E-state index contributed by atoms with van der Waals surface area (Å²) in [6, 6.07) is 13.7. The van der Waals surface area contributed by atoms with Crippen LogP contribution in [0.25, 0.3) is 11.1 Å². The van der Waals surface area contributed by atoms with Crippen molar-refractivity contribution in [2.24, 2.45) is 0 Å². The third-order valence-corrected chi connectivity index (χ3v) is 4.48. The van der Waals surface area contributed by atoms with E-state index in [4.69, 9.17) is 9.47 Å². The molecule has 0 aliphatic heterocycles. The summed E-state index contributed by atoms with van der Waals surface area (Å²) in [5.74, 6) is 1.76. The number of nitrogens with zero attached hydrogens (tertiary/aromatic N) is 1. The van der Waals surface area contributed by atoms with Gasteiger partial charge in [0.15, 0.2) is 17.3 Å². The van der Waals surface area contributed by atoms with Crippen molar-refractivity contribution in [3.63, 3.8) is 0 Å². The fraction of sp³-hybridized carbons (Fsp3) is 0.304. The number of carbonyl (C=O) groups is 1. The molecule has 152 valence electrons. The quantitative estimate of drug-likeness (QED) is 0.583. The van der Waals surface area contributed by atoms with Crippen molar-refractivity contribution in [3.05, 3.63) is 59.3 Å². The summed E-state index contributed by atoms with van der Waals surface area (Å²) in [6.07, 6.45) is 0.292. The molecule has 0 saturated carbocycles. The number of anilines is 1. The van der Waals surface area contributed by atoms with Crippen LogP contribution in [0.5, 0.6) is 11.5 Å². The first-order valence-electron chi connectivity index (χ1n) is 9.82. The smallest absolute Gasteiger partial charge is 0.230 e. The van der Waals surface area contributed by atoms with E-state index in [0.717, 1.165) is 27.9 Å². The minimum absolute atomic E-state index is 0.112. The van der Waals surface area contributed by atoms with E-state index in [1.54, 1.807) is 0 Å². The second-order valence-corrected chi connectivity index (χ2v) is 6.81. The van der Waals surface area contributed by atoms with Crippen molar-refractivity contribution in [2.45, 2.75) is 34.1 Å². The molecule has 1 amide bonds. The highest BCUT2D eigenvalue weighted by molar-refractivity contribution is 5.95. The number of H-pyrrole nitrogens is 1. The van der Waals surface area contributed by atoms with E-state index in [2.05, 4.69) is 15.5 Å². The predicted molar refractivity (Wildman–Crippen MR) is 115 cm³/mol. The van der Waals surface area contributed by atoms with Crippen LogP contribution in [0.1, 0.15) is 30.7 Å². The van der Waals surface area contributed by atoms with Crippen molar-refractivity contribution in [1.82, 2.24) is 10.2 Å². The van der Waals surface area contributed by atoms with Crippen molar-refractivity contribution in [2.75, 3.05) is 18.5 Å². The summed E-state index contributed by atoms with van der Waals surface area (Å²) in [5, 5.41) is 10.2. The van der Waals surface area contributed by atoms with Crippen LogP contribution < -0.4 is 14.8 Å². The maximum atomic E-state index is 12.6. The second-order valence-electron chi connectivity index (χ2n) is 6.81. The summed E-state index contributed by atoms with van der Waals surface area (Å²) in [6.45, 7) is 8.90. The van der Waals surface area contributed by atoms with Crippen molar-refractivity contribution in [1.29, 1.82) is 0 Å². The SMILES string of the molecule is CCOc1ccc(-c2c(NC(=O)Cc3cccc(C)c3)n[nH]c2C)cc1OCC. The molecule has 3 aromatic rings. The van der Waals surface area contributed by atoms with E-state index in [0.29, 0.717) is 37.0 Å². The largest absolute Gasteiger partial charge is 0.490 e. The molecular weight excluding hydrogens is 366 g/mol. The Labute approximate surface area is 171 Å². The van der Waals surface area contributed by atoms with Crippen LogP contribution in [0.3, 0.4) is 0 Å². The number of benzene rings is 2. The Morgan fingerprint density at radius 3 is 2.52 bits per heavy atom. The highest BCUT2D eigenvalue weighted by Crippen LogP contribution is 2.36. The average Bonchev–Trinajstić information content (AvgIpc) is 3.03. The lowest BCUT2D eigenvalue weighted by Crippen LogP contribution is -2.15. The first-order valence-corrected chi connectivity index (χ1v) is 9.82. The van der Waals surface area contributed by atoms with Crippen molar-refractivity contribution < 1.29 is 14.3 Å². The maximum Gasteiger partial charge on any atom is 0.230 e. The van der Waals surface area contributed by atoms with E-state index in [9.17, 15) is 4.79 Å². The highest BCUT2D eigenvalue weighted by Gasteiger charge is 2.17. The zero-order valence-corrected chi connectivity index (χ0v) is 17.3. The molecule has 0 radical (unpaired) electrons. The minimum Gasteiger partial charge on any atom is -0.490 e. The molecule has 29 heavy (non-hydrogen) atoms. The average molecular weight is 393 g/mol. The first kappa shape index (κ1) is 20.5. The van der Waals surface area contributed by atoms with E-state index in [1.165, 1.54) is 0 Å². The lowest BCUT2D eigenvalue weighted by Gasteiger charge is -2.13. The Balaban J connectivity index is 1.85. The van der Waals surface area contributed by atoms with Gasteiger partial charge in [0.25, 0.3) is 0 Å². The van der Waals surface area contributed by atoms with Gasteiger partial charge in [0.05, 0.1) is 19.6 Å². The Hall–Kier alpha value is -3.28. The molecule has 0 aliphatic rings. The number of rotatable bonds is 8. The number of nitrogens with one attached hydrogen (secondary N) is 2. The summed E-state index contributed by atoms with van der Waals surface area (Å²) >= 11 is 0. The molecule has 0 spiro atoms. The standard InChI is InChI=1S/C23H27N3O3/c1-5-28-19-11-10-18(14-20(19)29-6-2)22-16(4)25-26-23(22)24-21(27)13-17-9-7-8-15(3)12-17/h7-12,14H,5-6,13H2,1-4H3,(H2,24,25,26,27). The van der Waals surface area contributed by atoms with Gasteiger partial charge in [-0.15, -0.1) is 0 Å². The molecule has 0 saturated heterocycles. The molecule has 1 aromatic heterocycles. The molecule has 0 aliphatic carbocycles. The van der Waals surface area contributed by atoms with E-state index in [-0.39, 0.29) is 5.91 Å².